The molecule has 0 saturated heterocycles. The Labute approximate surface area is 141 Å². The van der Waals surface area contributed by atoms with Crippen LogP contribution in [0.3, 0.4) is 0 Å². The molecule has 2 N–H and O–H groups in total. The lowest BCUT2D eigenvalue weighted by Gasteiger charge is -2.34. The van der Waals surface area contributed by atoms with Crippen molar-refractivity contribution in [1.82, 2.24) is 4.31 Å². The molecule has 4 nitrogen and oxygen atoms in total. The van der Waals surface area contributed by atoms with Crippen LogP contribution in [0.2, 0.25) is 0 Å². The molecule has 114 valence electrons. The monoisotopic (exact) mass is 444 g/mol. The van der Waals surface area contributed by atoms with Gasteiger partial charge in [-0.3, -0.25) is 0 Å². The number of thiophene rings is 1. The molecule has 0 radical (unpaired) electrons. The molecule has 0 spiro atoms. The van der Waals surface area contributed by atoms with Crippen LogP contribution in [0.25, 0.3) is 0 Å². The van der Waals surface area contributed by atoms with Crippen molar-refractivity contribution >= 4 is 53.2 Å². The first-order valence-corrected chi connectivity index (χ1v) is 10.4. The highest BCUT2D eigenvalue weighted by Gasteiger charge is 2.34. The van der Waals surface area contributed by atoms with Gasteiger partial charge in [-0.25, -0.2) is 8.42 Å². The van der Waals surface area contributed by atoms with Gasteiger partial charge in [-0.15, -0.1) is 11.3 Å². The summed E-state index contributed by atoms with van der Waals surface area (Å²) < 4.78 is 28.7. The van der Waals surface area contributed by atoms with Crippen molar-refractivity contribution in [1.29, 1.82) is 0 Å². The second kappa shape index (κ2) is 6.75. The molecule has 1 aliphatic rings. The first-order chi connectivity index (χ1) is 9.36. The molecule has 0 unspecified atom stereocenters. The molecular weight excluding hydrogens is 428 g/mol. The van der Waals surface area contributed by atoms with Gasteiger partial charge in [0.15, 0.2) is 0 Å². The summed E-state index contributed by atoms with van der Waals surface area (Å²) in [5.74, 6) is 0. The van der Waals surface area contributed by atoms with Crippen LogP contribution in [0, 0.1) is 0 Å². The average Bonchev–Trinajstić information content (AvgIpc) is 2.72. The van der Waals surface area contributed by atoms with E-state index in [1.54, 1.807) is 10.4 Å². The summed E-state index contributed by atoms with van der Waals surface area (Å²) in [6.07, 6.45) is 3.48. The fourth-order valence-electron chi connectivity index (χ4n) is 2.64. The molecule has 0 aromatic carbocycles. The van der Waals surface area contributed by atoms with Crippen molar-refractivity contribution in [2.24, 2.45) is 5.73 Å². The molecular formula is C12H18Br2N2O2S2. The van der Waals surface area contributed by atoms with Crippen LogP contribution >= 0.6 is 43.2 Å². The number of halogens is 2. The third kappa shape index (κ3) is 3.47. The largest absolute Gasteiger partial charge is 0.328 e. The minimum Gasteiger partial charge on any atom is -0.328 e. The standard InChI is InChI=1S/C12H18Br2N2O2S2/c1-2-16(9-5-3-8(15)4-6-9)20(17,18)10-7-11(13)19-12(10)14/h7-9H,2-6,15H2,1H3. The maximum absolute atomic E-state index is 12.8. The van der Waals surface area contributed by atoms with Gasteiger partial charge in [0.1, 0.15) is 4.90 Å². The lowest BCUT2D eigenvalue weighted by Crippen LogP contribution is -2.44. The van der Waals surface area contributed by atoms with Crippen molar-refractivity contribution in [3.63, 3.8) is 0 Å². The Morgan fingerprint density at radius 1 is 1.35 bits per heavy atom. The van der Waals surface area contributed by atoms with Crippen LogP contribution in [-0.2, 0) is 10.0 Å². The Balaban J connectivity index is 2.28. The molecule has 0 amide bonds. The molecule has 1 fully saturated rings. The molecule has 0 bridgehead atoms. The van der Waals surface area contributed by atoms with E-state index in [-0.39, 0.29) is 12.1 Å². The summed E-state index contributed by atoms with van der Waals surface area (Å²) in [5, 5.41) is 0. The average molecular weight is 446 g/mol. The SMILES string of the molecule is CCN(C1CCC(N)CC1)S(=O)(=O)c1cc(Br)sc1Br. The van der Waals surface area contributed by atoms with Gasteiger partial charge in [0, 0.05) is 18.6 Å². The first kappa shape index (κ1) is 16.9. The minimum absolute atomic E-state index is 0.0652. The highest BCUT2D eigenvalue weighted by atomic mass is 79.9. The predicted octanol–water partition coefficient (Wildman–Crippen LogP) is 3.55. The quantitative estimate of drug-likeness (QED) is 0.770. The molecule has 1 heterocycles. The van der Waals surface area contributed by atoms with Crippen molar-refractivity contribution in [3.8, 4) is 0 Å². The Bertz CT molecular complexity index is 566. The van der Waals surface area contributed by atoms with E-state index < -0.39 is 10.0 Å². The van der Waals surface area contributed by atoms with E-state index in [0.717, 1.165) is 29.5 Å². The molecule has 0 aliphatic heterocycles. The summed E-state index contributed by atoms with van der Waals surface area (Å²) in [7, 11) is -3.45. The summed E-state index contributed by atoms with van der Waals surface area (Å²) in [4.78, 5) is 0.353. The van der Waals surface area contributed by atoms with Crippen LogP contribution in [0.15, 0.2) is 18.5 Å². The maximum atomic E-state index is 12.8. The number of hydrogen-bond acceptors (Lipinski definition) is 4. The zero-order valence-corrected chi connectivity index (χ0v) is 16.0. The Hall–Kier alpha value is 0.530. The second-order valence-electron chi connectivity index (χ2n) is 4.97. The van der Waals surface area contributed by atoms with E-state index >= 15 is 0 Å². The molecule has 1 saturated carbocycles. The summed E-state index contributed by atoms with van der Waals surface area (Å²) in [6, 6.07) is 1.95. The summed E-state index contributed by atoms with van der Waals surface area (Å²) in [5.41, 5.74) is 5.91. The zero-order chi connectivity index (χ0) is 14.9. The van der Waals surface area contributed by atoms with E-state index in [1.165, 1.54) is 11.3 Å². The summed E-state index contributed by atoms with van der Waals surface area (Å²) in [6.45, 7) is 2.38. The van der Waals surface area contributed by atoms with E-state index in [0.29, 0.717) is 15.2 Å². The summed E-state index contributed by atoms with van der Waals surface area (Å²) >= 11 is 8.06. The van der Waals surface area contributed by atoms with E-state index in [2.05, 4.69) is 31.9 Å². The maximum Gasteiger partial charge on any atom is 0.245 e. The smallest absolute Gasteiger partial charge is 0.245 e. The van der Waals surface area contributed by atoms with Crippen LogP contribution in [-0.4, -0.2) is 31.4 Å². The molecule has 8 heteroatoms. The van der Waals surface area contributed by atoms with Gasteiger partial charge < -0.3 is 5.73 Å². The number of nitrogens with zero attached hydrogens (tertiary/aromatic N) is 1. The minimum atomic E-state index is -3.45. The van der Waals surface area contributed by atoms with Gasteiger partial charge in [-0.1, -0.05) is 6.92 Å². The number of hydrogen-bond donors (Lipinski definition) is 1. The van der Waals surface area contributed by atoms with Crippen LogP contribution < -0.4 is 5.73 Å². The molecule has 1 aromatic rings. The van der Waals surface area contributed by atoms with Crippen molar-refractivity contribution in [2.75, 3.05) is 6.54 Å². The molecule has 20 heavy (non-hydrogen) atoms. The highest BCUT2D eigenvalue weighted by Crippen LogP contribution is 2.37. The van der Waals surface area contributed by atoms with Gasteiger partial charge in [-0.05, 0) is 63.6 Å². The molecule has 1 aromatic heterocycles. The van der Waals surface area contributed by atoms with Crippen LogP contribution in [0.5, 0.6) is 0 Å². The molecule has 0 atom stereocenters. The predicted molar refractivity (Wildman–Crippen MR) is 89.5 cm³/mol. The fraction of sp³-hybridized carbons (Fsp3) is 0.667. The van der Waals surface area contributed by atoms with Crippen LogP contribution in [0.1, 0.15) is 32.6 Å². The van der Waals surface area contributed by atoms with Crippen molar-refractivity contribution < 1.29 is 8.42 Å². The fourth-order valence-corrected chi connectivity index (χ4v) is 8.10. The Morgan fingerprint density at radius 3 is 2.40 bits per heavy atom. The van der Waals surface area contributed by atoms with Gasteiger partial charge in [0.2, 0.25) is 10.0 Å². The Morgan fingerprint density at radius 2 is 1.95 bits per heavy atom. The normalized spacial score (nSPS) is 24.2. The topological polar surface area (TPSA) is 63.4 Å². The number of nitrogens with two attached hydrogens (primary N) is 1. The lowest BCUT2D eigenvalue weighted by molar-refractivity contribution is 0.247. The molecule has 2 rings (SSSR count). The van der Waals surface area contributed by atoms with Gasteiger partial charge in [0.05, 0.1) is 7.57 Å². The number of sulfonamides is 1. The third-order valence-corrected chi connectivity index (χ3v) is 8.45. The Kier molecular flexibility index (Phi) is 5.70. The van der Waals surface area contributed by atoms with Gasteiger partial charge >= 0.3 is 0 Å². The second-order valence-corrected chi connectivity index (χ2v) is 10.6. The van der Waals surface area contributed by atoms with Crippen molar-refractivity contribution in [2.45, 2.75) is 49.6 Å². The van der Waals surface area contributed by atoms with Crippen molar-refractivity contribution in [3.05, 3.63) is 13.6 Å². The van der Waals surface area contributed by atoms with Gasteiger partial charge in [-0.2, -0.15) is 4.31 Å². The van der Waals surface area contributed by atoms with Crippen LogP contribution in [0.4, 0.5) is 0 Å². The van der Waals surface area contributed by atoms with Gasteiger partial charge in [0.25, 0.3) is 0 Å². The lowest BCUT2D eigenvalue weighted by atomic mass is 9.92. The van der Waals surface area contributed by atoms with E-state index in [9.17, 15) is 8.42 Å². The highest BCUT2D eigenvalue weighted by molar-refractivity contribution is 9.12. The first-order valence-electron chi connectivity index (χ1n) is 6.58. The third-order valence-electron chi connectivity index (χ3n) is 3.67. The van der Waals surface area contributed by atoms with E-state index in [4.69, 9.17) is 5.73 Å². The van der Waals surface area contributed by atoms with E-state index in [1.807, 2.05) is 6.92 Å². The number of rotatable bonds is 4. The zero-order valence-electron chi connectivity index (χ0n) is 11.2. The molecule has 1 aliphatic carbocycles.